The van der Waals surface area contributed by atoms with E-state index in [-0.39, 0.29) is 17.7 Å². The molecule has 21 heavy (non-hydrogen) atoms. The fraction of sp³-hybridized carbons (Fsp3) is 0.545. The lowest BCUT2D eigenvalue weighted by Crippen LogP contribution is -2.27. The van der Waals surface area contributed by atoms with Gasteiger partial charge in [-0.1, -0.05) is 6.92 Å². The van der Waals surface area contributed by atoms with Gasteiger partial charge in [0.1, 0.15) is 0 Å². The number of rotatable bonds is 7. The van der Waals surface area contributed by atoms with Crippen LogP contribution >= 0.6 is 0 Å². The van der Waals surface area contributed by atoms with E-state index in [2.05, 4.69) is 25.2 Å². The molecule has 0 fully saturated rings. The summed E-state index contributed by atoms with van der Waals surface area (Å²) in [5, 5.41) is 14.3. The first-order valence-electron chi connectivity index (χ1n) is 6.39. The van der Waals surface area contributed by atoms with Crippen LogP contribution in [0.1, 0.15) is 13.3 Å². The predicted octanol–water partition coefficient (Wildman–Crippen LogP) is 0.372. The van der Waals surface area contributed by atoms with Crippen molar-refractivity contribution in [3.63, 3.8) is 0 Å². The molecule has 0 spiro atoms. The van der Waals surface area contributed by atoms with E-state index in [0.717, 1.165) is 0 Å². The van der Waals surface area contributed by atoms with Crippen molar-refractivity contribution in [1.29, 1.82) is 0 Å². The molecule has 0 saturated heterocycles. The molecule has 2 aromatic rings. The molecule has 0 aromatic carbocycles. The summed E-state index contributed by atoms with van der Waals surface area (Å²) in [6.07, 6.45) is 1.83. The fourth-order valence-electron chi connectivity index (χ4n) is 1.87. The van der Waals surface area contributed by atoms with Crippen LogP contribution in [-0.2, 0) is 21.8 Å². The number of hydrogen-bond donors (Lipinski definition) is 2. The van der Waals surface area contributed by atoms with Crippen molar-refractivity contribution < 1.29 is 13.2 Å². The van der Waals surface area contributed by atoms with Crippen LogP contribution in [0, 0.1) is 0 Å². The van der Waals surface area contributed by atoms with Crippen molar-refractivity contribution in [3.8, 4) is 11.4 Å². The maximum absolute atomic E-state index is 12.1. The summed E-state index contributed by atoms with van der Waals surface area (Å²) in [7, 11) is -0.358. The topological polar surface area (TPSA) is 115 Å². The van der Waals surface area contributed by atoms with Crippen LogP contribution < -0.4 is 4.72 Å². The van der Waals surface area contributed by atoms with E-state index in [0.29, 0.717) is 17.8 Å². The lowest BCUT2D eigenvalue weighted by molar-refractivity contribution is 0.117. The number of aromatic amines is 1. The van der Waals surface area contributed by atoms with Gasteiger partial charge in [0, 0.05) is 20.4 Å². The summed E-state index contributed by atoms with van der Waals surface area (Å²) < 4.78 is 33.4. The normalized spacial score (nSPS) is 13.3. The molecule has 0 aliphatic rings. The Kier molecular flexibility index (Phi) is 4.58. The summed E-state index contributed by atoms with van der Waals surface area (Å²) in [5.74, 6) is 0.00192. The number of aryl methyl sites for hydroxylation is 1. The lowest BCUT2D eigenvalue weighted by atomic mass is 10.3. The van der Waals surface area contributed by atoms with Crippen LogP contribution in [0.5, 0.6) is 0 Å². The molecule has 0 aliphatic heterocycles. The summed E-state index contributed by atoms with van der Waals surface area (Å²) in [4.78, 5) is 0. The first-order valence-corrected chi connectivity index (χ1v) is 8.04. The molecular formula is C11H18N6O3S. The zero-order valence-corrected chi connectivity index (χ0v) is 12.9. The molecule has 0 bridgehead atoms. The minimum absolute atomic E-state index is 0.141. The summed E-state index contributed by atoms with van der Waals surface area (Å²) in [6.45, 7) is 1.86. The quantitative estimate of drug-likeness (QED) is 0.763. The first kappa shape index (κ1) is 15.4. The zero-order valence-electron chi connectivity index (χ0n) is 12.1. The van der Waals surface area contributed by atoms with Crippen molar-refractivity contribution >= 4 is 15.8 Å². The van der Waals surface area contributed by atoms with Crippen LogP contribution in [0.4, 0.5) is 5.82 Å². The predicted molar refractivity (Wildman–Crippen MR) is 77.1 cm³/mol. The van der Waals surface area contributed by atoms with Crippen molar-refractivity contribution in [2.75, 3.05) is 17.6 Å². The highest BCUT2D eigenvalue weighted by Gasteiger charge is 2.22. The zero-order chi connectivity index (χ0) is 15.5. The maximum atomic E-state index is 12.1. The Hall–Kier alpha value is -1.94. The highest BCUT2D eigenvalue weighted by molar-refractivity contribution is 7.92. The van der Waals surface area contributed by atoms with E-state index in [1.165, 1.54) is 7.11 Å². The van der Waals surface area contributed by atoms with Crippen molar-refractivity contribution in [2.24, 2.45) is 7.05 Å². The van der Waals surface area contributed by atoms with E-state index in [1.54, 1.807) is 24.0 Å². The van der Waals surface area contributed by atoms with E-state index in [1.807, 2.05) is 6.92 Å². The van der Waals surface area contributed by atoms with Gasteiger partial charge in [-0.05, 0) is 12.5 Å². The van der Waals surface area contributed by atoms with Crippen LogP contribution in [0.2, 0.25) is 0 Å². The molecule has 10 heteroatoms. The Bertz CT molecular complexity index is 688. The molecule has 2 heterocycles. The van der Waals surface area contributed by atoms with E-state index < -0.39 is 10.0 Å². The molecule has 2 N–H and O–H groups in total. The standard InChI is InChI=1S/C11H18N6O3S/c1-4-8(20-3)7-21(18,19)15-11-10(13-16-14-11)9-5-6-12-17(9)2/h5-6,8H,4,7H2,1-3H3,(H2,13,14,15,16). The summed E-state index contributed by atoms with van der Waals surface area (Å²) in [5.41, 5.74) is 1.05. The van der Waals surface area contributed by atoms with Gasteiger partial charge in [0.05, 0.1) is 17.6 Å². The van der Waals surface area contributed by atoms with Gasteiger partial charge in [0.15, 0.2) is 11.5 Å². The molecule has 1 unspecified atom stereocenters. The second-order valence-corrected chi connectivity index (χ2v) is 6.28. The average molecular weight is 314 g/mol. The van der Waals surface area contributed by atoms with Gasteiger partial charge in [-0.25, -0.2) is 8.42 Å². The highest BCUT2D eigenvalue weighted by Crippen LogP contribution is 2.23. The summed E-state index contributed by atoms with van der Waals surface area (Å²) >= 11 is 0. The minimum Gasteiger partial charge on any atom is -0.380 e. The average Bonchev–Trinajstić information content (AvgIpc) is 3.04. The van der Waals surface area contributed by atoms with Gasteiger partial charge in [-0.15, -0.1) is 5.10 Å². The Labute approximate surface area is 122 Å². The van der Waals surface area contributed by atoms with E-state index >= 15 is 0 Å². The number of hydrogen-bond acceptors (Lipinski definition) is 6. The van der Waals surface area contributed by atoms with Gasteiger partial charge < -0.3 is 4.74 Å². The van der Waals surface area contributed by atoms with Crippen molar-refractivity contribution in [1.82, 2.24) is 25.2 Å². The molecule has 9 nitrogen and oxygen atoms in total. The third kappa shape index (κ3) is 3.58. The van der Waals surface area contributed by atoms with Gasteiger partial charge >= 0.3 is 0 Å². The second kappa shape index (κ2) is 6.22. The third-order valence-corrected chi connectivity index (χ3v) is 4.37. The number of nitrogens with zero attached hydrogens (tertiary/aromatic N) is 4. The number of methoxy groups -OCH3 is 1. The van der Waals surface area contributed by atoms with Gasteiger partial charge in [0.25, 0.3) is 0 Å². The van der Waals surface area contributed by atoms with E-state index in [4.69, 9.17) is 4.74 Å². The van der Waals surface area contributed by atoms with Crippen LogP contribution in [-0.4, -0.2) is 52.6 Å². The molecule has 0 aliphatic carbocycles. The summed E-state index contributed by atoms with van der Waals surface area (Å²) in [6, 6.07) is 1.72. The molecule has 0 radical (unpaired) electrons. The Morgan fingerprint density at radius 3 is 2.81 bits per heavy atom. The smallest absolute Gasteiger partial charge is 0.236 e. The van der Waals surface area contributed by atoms with Crippen molar-refractivity contribution in [2.45, 2.75) is 19.4 Å². The number of nitrogens with one attached hydrogen (secondary N) is 2. The number of H-pyrrole nitrogens is 1. The lowest BCUT2D eigenvalue weighted by Gasteiger charge is -2.13. The molecule has 0 amide bonds. The molecule has 1 atom stereocenters. The van der Waals surface area contributed by atoms with Crippen LogP contribution in [0.25, 0.3) is 11.4 Å². The van der Waals surface area contributed by atoms with E-state index in [9.17, 15) is 8.42 Å². The van der Waals surface area contributed by atoms with Crippen LogP contribution in [0.15, 0.2) is 12.3 Å². The Balaban J connectivity index is 2.21. The minimum atomic E-state index is -3.58. The fourth-order valence-corrected chi connectivity index (χ4v) is 3.25. The monoisotopic (exact) mass is 314 g/mol. The van der Waals surface area contributed by atoms with Gasteiger partial charge in [-0.3, -0.25) is 9.40 Å². The second-order valence-electron chi connectivity index (χ2n) is 4.51. The largest absolute Gasteiger partial charge is 0.380 e. The van der Waals surface area contributed by atoms with Gasteiger partial charge in [-0.2, -0.15) is 15.4 Å². The molecule has 2 rings (SSSR count). The number of ether oxygens (including phenoxy) is 1. The molecule has 2 aromatic heterocycles. The first-order chi connectivity index (χ1) is 9.96. The van der Waals surface area contributed by atoms with Gasteiger partial charge in [0.2, 0.25) is 10.0 Å². The van der Waals surface area contributed by atoms with Crippen molar-refractivity contribution in [3.05, 3.63) is 12.3 Å². The Morgan fingerprint density at radius 2 is 2.24 bits per heavy atom. The number of sulfonamides is 1. The highest BCUT2D eigenvalue weighted by atomic mass is 32.2. The number of aromatic nitrogens is 5. The van der Waals surface area contributed by atoms with Crippen LogP contribution in [0.3, 0.4) is 0 Å². The molecule has 116 valence electrons. The third-order valence-electron chi connectivity index (χ3n) is 3.06. The molecule has 0 saturated carbocycles. The molecular weight excluding hydrogens is 296 g/mol. The Morgan fingerprint density at radius 1 is 1.48 bits per heavy atom. The number of anilines is 1. The SMILES string of the molecule is CCC(CS(=O)(=O)Nc1n[nH]nc1-c1ccnn1C)OC. The maximum Gasteiger partial charge on any atom is 0.236 e.